The molecule has 3 rings (SSSR count). The van der Waals surface area contributed by atoms with Crippen molar-refractivity contribution in [2.45, 2.75) is 169 Å². The molecule has 4 amide bonds. The zero-order chi connectivity index (χ0) is 46.6. The van der Waals surface area contributed by atoms with Crippen LogP contribution < -0.4 is 44.6 Å². The normalized spacial score (nSPS) is 14.0. The molecule has 0 spiro atoms. The van der Waals surface area contributed by atoms with Crippen molar-refractivity contribution in [1.82, 2.24) is 15.5 Å². The van der Waals surface area contributed by atoms with Crippen LogP contribution in [0, 0.1) is 14.4 Å². The van der Waals surface area contributed by atoms with Crippen LogP contribution in [0.4, 0.5) is 14.4 Å². The van der Waals surface area contributed by atoms with Crippen molar-refractivity contribution in [3.8, 4) is 0 Å². The van der Waals surface area contributed by atoms with Gasteiger partial charge in [0.1, 0.15) is 22.6 Å². The molecule has 3 aliphatic rings. The third-order valence-electron chi connectivity index (χ3n) is 6.86. The van der Waals surface area contributed by atoms with E-state index in [0.29, 0.717) is 58.2 Å². The Labute approximate surface area is 445 Å². The van der Waals surface area contributed by atoms with E-state index in [9.17, 15) is 29.1 Å². The van der Waals surface area contributed by atoms with E-state index in [4.69, 9.17) is 23.7 Å². The summed E-state index contributed by atoms with van der Waals surface area (Å²) in [6.07, 6.45) is 11.2. The van der Waals surface area contributed by atoms with Gasteiger partial charge in [-0.2, -0.15) is 0 Å². The van der Waals surface area contributed by atoms with Gasteiger partial charge in [-0.1, -0.05) is 12.7 Å². The summed E-state index contributed by atoms with van der Waals surface area (Å²) in [4.78, 5) is 56.6. The number of carbonyl (C=O) groups excluding carboxylic acids is 5. The van der Waals surface area contributed by atoms with Crippen molar-refractivity contribution in [3.63, 3.8) is 0 Å². The van der Waals surface area contributed by atoms with Crippen molar-refractivity contribution >= 4 is 85.3 Å². The summed E-state index contributed by atoms with van der Waals surface area (Å²) in [5.74, 6) is 0.00485. The Morgan fingerprint density at radius 3 is 1.38 bits per heavy atom. The fourth-order valence-corrected chi connectivity index (χ4v) is 4.41. The van der Waals surface area contributed by atoms with Gasteiger partial charge in [0.15, 0.2) is 0 Å². The van der Waals surface area contributed by atoms with E-state index < -0.39 is 40.7 Å². The van der Waals surface area contributed by atoms with Crippen LogP contribution in [0.15, 0.2) is 25.3 Å². The van der Waals surface area contributed by atoms with Crippen molar-refractivity contribution in [3.05, 3.63) is 39.7 Å². The Morgan fingerprint density at radius 1 is 0.750 bits per heavy atom. The predicted octanol–water partition coefficient (Wildman–Crippen LogP) is 2.83. The van der Waals surface area contributed by atoms with Crippen LogP contribution >= 0.6 is 9.24 Å². The number of likely N-dealkylation sites (tertiary alicyclic amines) is 1. The van der Waals surface area contributed by atoms with Crippen LogP contribution in [0.5, 0.6) is 0 Å². The minimum atomic E-state index is -0.739. The van der Waals surface area contributed by atoms with Gasteiger partial charge in [-0.05, 0) is 134 Å². The van der Waals surface area contributed by atoms with Gasteiger partial charge in [-0.25, -0.2) is 38.9 Å². The molecule has 0 aromatic carbocycles. The standard InChI is InChI=1S/C13H25NO3.C10H19NO3.C9H15NO3.2C4H8O.C3H5.CH5P.CH3.2BrH.2Mg/c1-6-8-13(5,16)9-7-10-14-11(15)17-12(2,3)4;1-8(12)6-5-7-11-9(13)14-10(2,3)4;1-9(2,3)13-8(12)10-6-4-5-7(10)11;2*1-2-4-5-3-1;1-3-2;1-2;;;;;/h6,16H,1,7-10H2,2-5H3,(H,14,15);5-7H2,1-4H3,(H,11,13);4-6H2,1-3H3;2*1-4H2;3H,1-2H2;2H2,1H3;1H3;2*1H;;/q;;;;;-1;;-1;;;2*+2/p-2. The second-order valence-electron chi connectivity index (χ2n) is 16.8. The summed E-state index contributed by atoms with van der Waals surface area (Å²) in [7, 11) is 2.42. The summed E-state index contributed by atoms with van der Waals surface area (Å²) in [5, 5.41) is 15.1. The van der Waals surface area contributed by atoms with E-state index in [1.165, 1.54) is 43.6 Å². The van der Waals surface area contributed by atoms with Gasteiger partial charge in [0, 0.05) is 58.9 Å². The quantitative estimate of drug-likeness (QED) is 0.0733. The van der Waals surface area contributed by atoms with Crippen LogP contribution in [0.1, 0.15) is 147 Å². The molecule has 0 aliphatic carbocycles. The monoisotopic (exact) mass is 1080 g/mol. The number of nitrogens with one attached hydrogen (secondary N) is 2. The number of hydrogen-bond acceptors (Lipinski definition) is 11. The molecule has 64 heavy (non-hydrogen) atoms. The third-order valence-corrected chi connectivity index (χ3v) is 6.86. The van der Waals surface area contributed by atoms with E-state index >= 15 is 0 Å². The van der Waals surface area contributed by atoms with Gasteiger partial charge >= 0.3 is 64.4 Å². The molecular formula is C45H88Br2Mg2N3O11P. The topological polar surface area (TPSA) is 179 Å². The summed E-state index contributed by atoms with van der Waals surface area (Å²) >= 11 is 0. The number of carbonyl (C=O) groups is 5. The second kappa shape index (κ2) is 50.2. The summed E-state index contributed by atoms with van der Waals surface area (Å²) in [6, 6.07) is 0. The van der Waals surface area contributed by atoms with Gasteiger partial charge < -0.3 is 85.6 Å². The van der Waals surface area contributed by atoms with Crippen molar-refractivity contribution < 1.29 is 86.7 Å². The van der Waals surface area contributed by atoms with Crippen LogP contribution in [-0.2, 0) is 33.3 Å². The molecule has 19 heteroatoms. The molecule has 3 fully saturated rings. The Balaban J connectivity index is -0.0000000844. The van der Waals surface area contributed by atoms with Crippen LogP contribution in [-0.4, -0.2) is 161 Å². The molecule has 0 aromatic heterocycles. The van der Waals surface area contributed by atoms with Crippen molar-refractivity contribution in [2.24, 2.45) is 0 Å². The number of halogens is 2. The molecule has 0 saturated carbocycles. The maximum Gasteiger partial charge on any atom is 2.00 e. The maximum absolute atomic E-state index is 11.4. The Bertz CT molecular complexity index is 1140. The zero-order valence-corrected chi connectivity index (χ0v) is 49.4. The third kappa shape index (κ3) is 67.9. The fourth-order valence-electron chi connectivity index (χ4n) is 4.41. The van der Waals surface area contributed by atoms with Gasteiger partial charge in [-0.15, -0.1) is 15.8 Å². The average Bonchev–Trinajstić information content (AvgIpc) is 3.92. The number of aliphatic hydroxyl groups is 1. The van der Waals surface area contributed by atoms with Crippen molar-refractivity contribution in [2.75, 3.05) is 52.7 Å². The minimum absolute atomic E-state index is 0. The Morgan fingerprint density at radius 2 is 1.11 bits per heavy atom. The van der Waals surface area contributed by atoms with Crippen LogP contribution in [0.2, 0.25) is 0 Å². The average molecular weight is 1090 g/mol. The Hall–Kier alpha value is -0.698. The zero-order valence-electron chi connectivity index (χ0n) is 42.2. The molecule has 2 unspecified atom stereocenters. The SMILES string of the molecule is C1CCOC1.C1CCOC1.C=CCC(C)(O)CCCNC(=O)OC(C)(C)C.C=C[CH2-].CC(=O)CCCNC(=O)OC(C)(C)C.CC(C)(C)OC(=O)N1CCCC1=O.CP.[Br-].[Br-].[CH3-].[Mg+2].[Mg+2]. The number of nitrogens with zero attached hydrogens (tertiary/aromatic N) is 1. The number of alkyl carbamates (subject to hydrolysis) is 2. The van der Waals surface area contributed by atoms with E-state index in [0.717, 1.165) is 32.8 Å². The van der Waals surface area contributed by atoms with Gasteiger partial charge in [0.25, 0.3) is 0 Å². The van der Waals surface area contributed by atoms with Gasteiger partial charge in [-0.3, -0.25) is 4.79 Å². The maximum atomic E-state index is 11.4. The van der Waals surface area contributed by atoms with Crippen LogP contribution in [0.3, 0.4) is 0 Å². The molecule has 3 saturated heterocycles. The summed E-state index contributed by atoms with van der Waals surface area (Å²) in [5.41, 5.74) is -2.21. The number of ether oxygens (including phenoxy) is 5. The summed E-state index contributed by atoms with van der Waals surface area (Å²) in [6.45, 7) is 37.0. The summed E-state index contributed by atoms with van der Waals surface area (Å²) < 4.78 is 25.0. The molecule has 14 nitrogen and oxygen atoms in total. The number of allylic oxidation sites excluding steroid dienone is 1. The minimum Gasteiger partial charge on any atom is -1.00 e. The second-order valence-corrected chi connectivity index (χ2v) is 16.8. The number of imide groups is 1. The smallest absolute Gasteiger partial charge is 1.00 e. The number of Topliss-reactive ketones (excluding diaryl/α,β-unsaturated/α-hetero) is 1. The van der Waals surface area contributed by atoms with E-state index in [1.54, 1.807) is 33.8 Å². The van der Waals surface area contributed by atoms with Crippen LogP contribution in [0.25, 0.3) is 0 Å². The fraction of sp³-hybridized carbons (Fsp3) is 0.756. The number of amides is 4. The molecule has 0 bridgehead atoms. The van der Waals surface area contributed by atoms with Gasteiger partial charge in [0.05, 0.1) is 5.60 Å². The molecule has 0 aromatic rings. The number of hydrogen-bond donors (Lipinski definition) is 3. The Kier molecular flexibility index (Phi) is 65.3. The first-order valence-electron chi connectivity index (χ1n) is 20.7. The first-order valence-corrected chi connectivity index (χ1v) is 21.9. The molecule has 372 valence electrons. The van der Waals surface area contributed by atoms with Gasteiger partial charge in [0.2, 0.25) is 5.91 Å². The largest absolute Gasteiger partial charge is 2.00 e. The van der Waals surface area contributed by atoms with E-state index in [1.807, 2.05) is 48.2 Å². The first kappa shape index (κ1) is 83.3. The van der Waals surface area contributed by atoms with E-state index in [2.05, 4.69) is 40.0 Å². The van der Waals surface area contributed by atoms with Crippen molar-refractivity contribution in [1.29, 1.82) is 0 Å². The number of ketones is 1. The molecule has 2 atom stereocenters. The molecule has 0 radical (unpaired) electrons. The van der Waals surface area contributed by atoms with E-state index in [-0.39, 0.29) is 99.2 Å². The molecule has 3 heterocycles. The first-order chi connectivity index (χ1) is 27.3. The number of rotatable bonds is 10. The molecule has 3 aliphatic heterocycles. The molecule has 3 N–H and O–H groups in total. The predicted molar refractivity (Wildman–Crippen MR) is 259 cm³/mol. The molecular weight excluding hydrogens is 998 g/mol.